The molecule has 0 aromatic heterocycles. The van der Waals surface area contributed by atoms with Crippen molar-refractivity contribution in [1.29, 1.82) is 0 Å². The van der Waals surface area contributed by atoms with E-state index in [4.69, 9.17) is 4.74 Å². The van der Waals surface area contributed by atoms with E-state index in [1.807, 2.05) is 13.1 Å². The van der Waals surface area contributed by atoms with E-state index in [0.29, 0.717) is 12.5 Å². The lowest BCUT2D eigenvalue weighted by Gasteiger charge is -2.12. The molecule has 112 valence electrons. The second kappa shape index (κ2) is 7.28. The number of benzene rings is 2. The van der Waals surface area contributed by atoms with Gasteiger partial charge in [-0.25, -0.2) is 0 Å². The molecule has 0 bridgehead atoms. The number of hydrogen-bond acceptors (Lipinski definition) is 2. The Morgan fingerprint density at radius 3 is 2.33 bits per heavy atom. The molecule has 0 saturated carbocycles. The van der Waals surface area contributed by atoms with Gasteiger partial charge in [0.15, 0.2) is 0 Å². The molecule has 2 heteroatoms. The third-order valence-corrected chi connectivity index (χ3v) is 3.94. The predicted molar refractivity (Wildman–Crippen MR) is 89.0 cm³/mol. The van der Waals surface area contributed by atoms with Crippen molar-refractivity contribution < 1.29 is 4.74 Å². The van der Waals surface area contributed by atoms with Crippen molar-refractivity contribution in [2.75, 3.05) is 13.6 Å². The lowest BCUT2D eigenvalue weighted by molar-refractivity contribution is 0.306. The van der Waals surface area contributed by atoms with Gasteiger partial charge >= 0.3 is 0 Å². The summed E-state index contributed by atoms with van der Waals surface area (Å²) in [7, 11) is 1.99. The highest BCUT2D eigenvalue weighted by atomic mass is 16.5. The van der Waals surface area contributed by atoms with Crippen LogP contribution >= 0.6 is 0 Å². The third kappa shape index (κ3) is 4.33. The van der Waals surface area contributed by atoms with Gasteiger partial charge in [-0.05, 0) is 61.2 Å². The molecule has 2 aromatic carbocycles. The van der Waals surface area contributed by atoms with Crippen LogP contribution in [0.4, 0.5) is 0 Å². The van der Waals surface area contributed by atoms with Crippen molar-refractivity contribution in [3.8, 4) is 5.75 Å². The molecule has 0 aliphatic rings. The number of ether oxygens (including phenoxy) is 1. The Labute approximate surface area is 128 Å². The van der Waals surface area contributed by atoms with E-state index in [1.54, 1.807) is 0 Å². The summed E-state index contributed by atoms with van der Waals surface area (Å²) < 4.78 is 5.86. The fraction of sp³-hybridized carbons (Fsp3) is 0.368. The molecule has 0 saturated heterocycles. The third-order valence-electron chi connectivity index (χ3n) is 3.94. The lowest BCUT2D eigenvalue weighted by atomic mass is 10.00. The highest BCUT2D eigenvalue weighted by molar-refractivity contribution is 5.34. The highest BCUT2D eigenvalue weighted by Gasteiger charge is 2.04. The zero-order valence-electron chi connectivity index (χ0n) is 13.4. The van der Waals surface area contributed by atoms with Gasteiger partial charge in [0.2, 0.25) is 0 Å². The van der Waals surface area contributed by atoms with Gasteiger partial charge in [-0.1, -0.05) is 37.3 Å². The zero-order chi connectivity index (χ0) is 15.2. The zero-order valence-corrected chi connectivity index (χ0v) is 13.4. The van der Waals surface area contributed by atoms with Gasteiger partial charge in [-0.2, -0.15) is 0 Å². The molecule has 0 radical (unpaired) electrons. The molecular weight excluding hydrogens is 258 g/mol. The molecule has 2 aromatic rings. The Bertz CT molecular complexity index is 575. The number of nitrogens with one attached hydrogen (secondary N) is 1. The van der Waals surface area contributed by atoms with Gasteiger partial charge in [-0.3, -0.25) is 0 Å². The maximum absolute atomic E-state index is 5.86. The summed E-state index contributed by atoms with van der Waals surface area (Å²) in [6, 6.07) is 14.9. The summed E-state index contributed by atoms with van der Waals surface area (Å²) in [6.07, 6.45) is 0. The average Bonchev–Trinajstić information content (AvgIpc) is 2.49. The summed E-state index contributed by atoms with van der Waals surface area (Å²) in [6.45, 7) is 8.07. The predicted octanol–water partition coefficient (Wildman–Crippen LogP) is 4.21. The van der Waals surface area contributed by atoms with Crippen LogP contribution in [0.2, 0.25) is 0 Å². The van der Waals surface area contributed by atoms with E-state index in [9.17, 15) is 0 Å². The van der Waals surface area contributed by atoms with E-state index >= 15 is 0 Å². The first kappa shape index (κ1) is 15.6. The van der Waals surface area contributed by atoms with Crippen LogP contribution in [0, 0.1) is 13.8 Å². The summed E-state index contributed by atoms with van der Waals surface area (Å²) in [5.74, 6) is 1.47. The van der Waals surface area contributed by atoms with Gasteiger partial charge < -0.3 is 10.1 Å². The fourth-order valence-electron chi connectivity index (χ4n) is 2.34. The molecule has 1 atom stereocenters. The molecule has 1 N–H and O–H groups in total. The van der Waals surface area contributed by atoms with Gasteiger partial charge in [0, 0.05) is 6.54 Å². The Kier molecular flexibility index (Phi) is 5.40. The SMILES string of the molecule is CNCC(C)c1ccc(COc2ccc(C)c(C)c2)cc1. The minimum absolute atomic E-state index is 0.532. The Morgan fingerprint density at radius 1 is 1.00 bits per heavy atom. The number of hydrogen-bond donors (Lipinski definition) is 1. The molecule has 2 rings (SSSR count). The topological polar surface area (TPSA) is 21.3 Å². The normalized spacial score (nSPS) is 12.2. The van der Waals surface area contributed by atoms with E-state index in [2.05, 4.69) is 62.5 Å². The van der Waals surface area contributed by atoms with E-state index in [0.717, 1.165) is 12.3 Å². The molecule has 0 heterocycles. The molecular formula is C19H25NO. The molecule has 2 nitrogen and oxygen atoms in total. The number of rotatable bonds is 6. The maximum atomic E-state index is 5.86. The molecule has 0 fully saturated rings. The first-order valence-corrected chi connectivity index (χ1v) is 7.53. The Balaban J connectivity index is 1.95. The van der Waals surface area contributed by atoms with Gasteiger partial charge in [0.05, 0.1) is 0 Å². The van der Waals surface area contributed by atoms with Crippen molar-refractivity contribution in [1.82, 2.24) is 5.32 Å². The van der Waals surface area contributed by atoms with Crippen molar-refractivity contribution in [3.05, 3.63) is 64.7 Å². The summed E-state index contributed by atoms with van der Waals surface area (Å²) in [4.78, 5) is 0. The molecule has 1 unspecified atom stereocenters. The van der Waals surface area contributed by atoms with Crippen LogP contribution in [0.3, 0.4) is 0 Å². The average molecular weight is 283 g/mol. The van der Waals surface area contributed by atoms with Crippen molar-refractivity contribution in [2.24, 2.45) is 0 Å². The van der Waals surface area contributed by atoms with E-state index < -0.39 is 0 Å². The molecule has 0 amide bonds. The highest BCUT2D eigenvalue weighted by Crippen LogP contribution is 2.19. The Morgan fingerprint density at radius 2 is 1.71 bits per heavy atom. The summed E-state index contributed by atoms with van der Waals surface area (Å²) in [5.41, 5.74) is 5.13. The first-order chi connectivity index (χ1) is 10.1. The van der Waals surface area contributed by atoms with Crippen molar-refractivity contribution >= 4 is 0 Å². The Hall–Kier alpha value is -1.80. The second-order valence-corrected chi connectivity index (χ2v) is 5.74. The van der Waals surface area contributed by atoms with Gasteiger partial charge in [0.1, 0.15) is 12.4 Å². The van der Waals surface area contributed by atoms with Crippen LogP contribution in [0.25, 0.3) is 0 Å². The lowest BCUT2D eigenvalue weighted by Crippen LogP contribution is -2.14. The standard InChI is InChI=1S/C19H25NO/c1-14-5-10-19(11-15(14)2)21-13-17-6-8-18(9-7-17)16(3)12-20-4/h5-11,16,20H,12-13H2,1-4H3. The number of likely N-dealkylation sites (N-methyl/N-ethyl adjacent to an activating group) is 1. The summed E-state index contributed by atoms with van der Waals surface area (Å²) >= 11 is 0. The molecule has 0 aliphatic heterocycles. The number of aryl methyl sites for hydroxylation is 2. The van der Waals surface area contributed by atoms with Crippen LogP contribution in [-0.4, -0.2) is 13.6 Å². The van der Waals surface area contributed by atoms with Gasteiger partial charge in [-0.15, -0.1) is 0 Å². The first-order valence-electron chi connectivity index (χ1n) is 7.53. The monoisotopic (exact) mass is 283 g/mol. The van der Waals surface area contributed by atoms with E-state index in [-0.39, 0.29) is 0 Å². The van der Waals surface area contributed by atoms with Crippen LogP contribution in [0.1, 0.15) is 35.1 Å². The maximum Gasteiger partial charge on any atom is 0.120 e. The molecule has 21 heavy (non-hydrogen) atoms. The van der Waals surface area contributed by atoms with Crippen LogP contribution < -0.4 is 10.1 Å². The summed E-state index contributed by atoms with van der Waals surface area (Å²) in [5, 5.41) is 3.21. The van der Waals surface area contributed by atoms with Crippen LogP contribution in [0.15, 0.2) is 42.5 Å². The minimum Gasteiger partial charge on any atom is -0.489 e. The smallest absolute Gasteiger partial charge is 0.120 e. The van der Waals surface area contributed by atoms with E-state index in [1.165, 1.54) is 22.3 Å². The molecule has 0 aliphatic carbocycles. The van der Waals surface area contributed by atoms with Crippen molar-refractivity contribution in [3.63, 3.8) is 0 Å². The largest absolute Gasteiger partial charge is 0.489 e. The fourth-order valence-corrected chi connectivity index (χ4v) is 2.34. The molecule has 0 spiro atoms. The van der Waals surface area contributed by atoms with Crippen LogP contribution in [-0.2, 0) is 6.61 Å². The van der Waals surface area contributed by atoms with Crippen LogP contribution in [0.5, 0.6) is 5.75 Å². The minimum atomic E-state index is 0.532. The second-order valence-electron chi connectivity index (χ2n) is 5.74. The quantitative estimate of drug-likeness (QED) is 0.857. The van der Waals surface area contributed by atoms with Crippen molar-refractivity contribution in [2.45, 2.75) is 33.3 Å². The van der Waals surface area contributed by atoms with Gasteiger partial charge in [0.25, 0.3) is 0 Å².